The molecule has 8 nitrogen and oxygen atoms in total. The fourth-order valence-electron chi connectivity index (χ4n) is 4.72. The van der Waals surface area contributed by atoms with Gasteiger partial charge in [0, 0.05) is 18.7 Å². The van der Waals surface area contributed by atoms with Gasteiger partial charge in [-0.05, 0) is 83.5 Å². The molecule has 0 bridgehead atoms. The average Bonchev–Trinajstić information content (AvgIpc) is 2.85. The number of alkyl halides is 2. The van der Waals surface area contributed by atoms with Gasteiger partial charge in [-0.15, -0.1) is 0 Å². The second kappa shape index (κ2) is 13.0. The van der Waals surface area contributed by atoms with Gasteiger partial charge < -0.3 is 24.4 Å². The standard InChI is InChI=1S/C14H15F2NO3.C14H25NO3/c1-20-13(19)11-3-2-9(6-10(11)7-18)12-4-5-17-8-14(12,15)16;1-14(2,3)18-13(16)15-9-7-12(8-10-15)17-11-5-4-6-11/h2-3,6-7,12,17H,4-5,8H2,1H3;11-12H,4-10H2,1-3H3. The van der Waals surface area contributed by atoms with Crippen molar-refractivity contribution < 1.29 is 37.4 Å². The number of likely N-dealkylation sites (tertiary alicyclic amines) is 1. The van der Waals surface area contributed by atoms with Gasteiger partial charge in [0.05, 0.1) is 37.3 Å². The quantitative estimate of drug-likeness (QED) is 0.419. The number of amides is 1. The minimum absolute atomic E-state index is 0.0729. The van der Waals surface area contributed by atoms with Crippen LogP contribution in [0.25, 0.3) is 0 Å². The summed E-state index contributed by atoms with van der Waals surface area (Å²) >= 11 is 0. The Bertz CT molecular complexity index is 969. The van der Waals surface area contributed by atoms with Crippen LogP contribution in [0.2, 0.25) is 0 Å². The Morgan fingerprint density at radius 1 is 1.08 bits per heavy atom. The zero-order chi connectivity index (χ0) is 27.9. The third-order valence-corrected chi connectivity index (χ3v) is 7.02. The molecule has 1 unspecified atom stereocenters. The van der Waals surface area contributed by atoms with Crippen LogP contribution in [-0.4, -0.2) is 80.3 Å². The van der Waals surface area contributed by atoms with E-state index in [2.05, 4.69) is 10.1 Å². The normalized spacial score (nSPS) is 21.9. The molecule has 1 aliphatic carbocycles. The Morgan fingerprint density at radius 3 is 2.26 bits per heavy atom. The molecule has 212 valence electrons. The molecule has 1 aromatic rings. The topological polar surface area (TPSA) is 94.2 Å². The van der Waals surface area contributed by atoms with Gasteiger partial charge in [0.15, 0.2) is 6.29 Å². The van der Waals surface area contributed by atoms with E-state index in [-0.39, 0.29) is 30.2 Å². The maximum atomic E-state index is 13.9. The van der Waals surface area contributed by atoms with Gasteiger partial charge in [0.25, 0.3) is 5.92 Å². The molecule has 3 fully saturated rings. The molecule has 4 rings (SSSR count). The third-order valence-electron chi connectivity index (χ3n) is 7.02. The predicted molar refractivity (Wildman–Crippen MR) is 138 cm³/mol. The fraction of sp³-hybridized carbons (Fsp3) is 0.679. The maximum absolute atomic E-state index is 13.9. The van der Waals surface area contributed by atoms with Crippen molar-refractivity contribution in [3.63, 3.8) is 0 Å². The number of carbonyl (C=O) groups is 3. The first-order chi connectivity index (χ1) is 17.9. The number of aldehydes is 1. The number of carbonyl (C=O) groups excluding carboxylic acids is 3. The predicted octanol–water partition coefficient (Wildman–Crippen LogP) is 4.95. The molecule has 1 aromatic carbocycles. The minimum atomic E-state index is -2.87. The van der Waals surface area contributed by atoms with E-state index in [1.807, 2.05) is 20.8 Å². The molecule has 38 heavy (non-hydrogen) atoms. The first-order valence-corrected chi connectivity index (χ1v) is 13.3. The Kier molecular flexibility index (Phi) is 10.2. The molecule has 0 radical (unpaired) electrons. The van der Waals surface area contributed by atoms with Gasteiger partial charge in [-0.3, -0.25) is 4.79 Å². The number of benzene rings is 1. The lowest BCUT2D eigenvalue weighted by Gasteiger charge is -2.36. The van der Waals surface area contributed by atoms with Crippen molar-refractivity contribution in [3.8, 4) is 0 Å². The van der Waals surface area contributed by atoms with Crippen molar-refractivity contribution in [1.29, 1.82) is 0 Å². The molecule has 1 saturated carbocycles. The SMILES string of the molecule is CC(C)(C)OC(=O)N1CCC(OC2CCC2)CC1.COC(=O)c1ccc(C2CCNCC2(F)F)cc1C=O. The smallest absolute Gasteiger partial charge is 0.410 e. The van der Waals surface area contributed by atoms with E-state index in [1.165, 1.54) is 44.6 Å². The molecule has 2 heterocycles. The lowest BCUT2D eigenvalue weighted by Crippen LogP contribution is -2.44. The summed E-state index contributed by atoms with van der Waals surface area (Å²) in [6.07, 6.45) is 7.02. The number of piperidine rings is 2. The summed E-state index contributed by atoms with van der Waals surface area (Å²) < 4.78 is 43.6. The summed E-state index contributed by atoms with van der Waals surface area (Å²) in [5.41, 5.74) is 0.120. The third kappa shape index (κ3) is 8.20. The van der Waals surface area contributed by atoms with Crippen LogP contribution >= 0.6 is 0 Å². The van der Waals surface area contributed by atoms with Crippen molar-refractivity contribution in [2.45, 2.75) is 88.9 Å². The van der Waals surface area contributed by atoms with E-state index < -0.39 is 23.4 Å². The van der Waals surface area contributed by atoms with Crippen molar-refractivity contribution >= 4 is 18.3 Å². The van der Waals surface area contributed by atoms with Crippen molar-refractivity contribution in [2.24, 2.45) is 0 Å². The number of nitrogens with one attached hydrogen (secondary N) is 1. The van der Waals surface area contributed by atoms with Crippen LogP contribution in [0.3, 0.4) is 0 Å². The van der Waals surface area contributed by atoms with Gasteiger partial charge >= 0.3 is 12.1 Å². The van der Waals surface area contributed by atoms with Crippen LogP contribution in [-0.2, 0) is 14.2 Å². The molecule has 3 aliphatic rings. The van der Waals surface area contributed by atoms with E-state index in [1.54, 1.807) is 4.90 Å². The molecular formula is C28H40F2N2O6. The zero-order valence-corrected chi connectivity index (χ0v) is 22.8. The number of esters is 1. The van der Waals surface area contributed by atoms with E-state index in [9.17, 15) is 23.2 Å². The molecule has 1 atom stereocenters. The number of halogens is 2. The summed E-state index contributed by atoms with van der Waals surface area (Å²) in [5.74, 6) is -4.48. The molecule has 10 heteroatoms. The second-order valence-electron chi connectivity index (χ2n) is 11.1. The Labute approximate surface area is 223 Å². The molecule has 0 spiro atoms. The van der Waals surface area contributed by atoms with Gasteiger partial charge in [-0.25, -0.2) is 18.4 Å². The highest BCUT2D eigenvalue weighted by atomic mass is 19.3. The number of hydrogen-bond acceptors (Lipinski definition) is 7. The number of ether oxygens (including phenoxy) is 3. The highest BCUT2D eigenvalue weighted by Gasteiger charge is 2.42. The van der Waals surface area contributed by atoms with Crippen molar-refractivity contribution in [2.75, 3.05) is 33.3 Å². The first-order valence-electron chi connectivity index (χ1n) is 13.3. The summed E-state index contributed by atoms with van der Waals surface area (Å²) in [7, 11) is 1.20. The molecule has 1 amide bonds. The Hall–Kier alpha value is -2.59. The second-order valence-corrected chi connectivity index (χ2v) is 11.1. The lowest BCUT2D eigenvalue weighted by atomic mass is 9.85. The van der Waals surface area contributed by atoms with Gasteiger partial charge in [0.1, 0.15) is 5.60 Å². The lowest BCUT2D eigenvalue weighted by molar-refractivity contribution is -0.0742. The molecular weight excluding hydrogens is 498 g/mol. The van der Waals surface area contributed by atoms with Crippen molar-refractivity contribution in [1.82, 2.24) is 10.2 Å². The van der Waals surface area contributed by atoms with Gasteiger partial charge in [-0.1, -0.05) is 6.07 Å². The summed E-state index contributed by atoms with van der Waals surface area (Å²) in [4.78, 5) is 36.2. The van der Waals surface area contributed by atoms with E-state index >= 15 is 0 Å². The van der Waals surface area contributed by atoms with E-state index in [4.69, 9.17) is 9.47 Å². The first kappa shape index (κ1) is 30.0. The van der Waals surface area contributed by atoms with Crippen LogP contribution in [0, 0.1) is 0 Å². The van der Waals surface area contributed by atoms with Crippen LogP contribution in [0.15, 0.2) is 18.2 Å². The molecule has 0 aromatic heterocycles. The Balaban J connectivity index is 0.000000212. The van der Waals surface area contributed by atoms with E-state index in [0.717, 1.165) is 25.9 Å². The zero-order valence-electron chi connectivity index (χ0n) is 22.8. The summed E-state index contributed by atoms with van der Waals surface area (Å²) in [6.45, 7) is 7.33. The van der Waals surface area contributed by atoms with E-state index in [0.29, 0.717) is 30.6 Å². The number of nitrogens with zero attached hydrogens (tertiary/aromatic N) is 1. The van der Waals surface area contributed by atoms with Crippen LogP contribution in [0.4, 0.5) is 13.6 Å². The van der Waals surface area contributed by atoms with Crippen LogP contribution in [0.1, 0.15) is 91.5 Å². The minimum Gasteiger partial charge on any atom is -0.465 e. The van der Waals surface area contributed by atoms with Gasteiger partial charge in [-0.2, -0.15) is 0 Å². The average molecular weight is 539 g/mol. The number of rotatable bonds is 5. The van der Waals surface area contributed by atoms with Crippen LogP contribution < -0.4 is 5.32 Å². The maximum Gasteiger partial charge on any atom is 0.410 e. The number of methoxy groups -OCH3 is 1. The van der Waals surface area contributed by atoms with Gasteiger partial charge in [0.2, 0.25) is 0 Å². The Morgan fingerprint density at radius 2 is 1.74 bits per heavy atom. The summed E-state index contributed by atoms with van der Waals surface area (Å²) in [5, 5.41) is 2.65. The molecule has 1 N–H and O–H groups in total. The number of hydrogen-bond donors (Lipinski definition) is 1. The largest absolute Gasteiger partial charge is 0.465 e. The van der Waals surface area contributed by atoms with Crippen molar-refractivity contribution in [3.05, 3.63) is 34.9 Å². The highest BCUT2D eigenvalue weighted by Crippen LogP contribution is 2.38. The monoisotopic (exact) mass is 538 g/mol. The molecule has 2 aliphatic heterocycles. The molecule has 2 saturated heterocycles. The van der Waals surface area contributed by atoms with Crippen LogP contribution in [0.5, 0.6) is 0 Å². The summed E-state index contributed by atoms with van der Waals surface area (Å²) in [6, 6.07) is 4.18. The highest BCUT2D eigenvalue weighted by molar-refractivity contribution is 5.98. The fourth-order valence-corrected chi connectivity index (χ4v) is 4.72.